The molecule has 0 fully saturated rings. The lowest BCUT2D eigenvalue weighted by atomic mass is 10.0. The van der Waals surface area contributed by atoms with Crippen molar-refractivity contribution in [3.8, 4) is 11.5 Å². The molecule has 3 aromatic rings. The maximum atomic E-state index is 15.0. The summed E-state index contributed by atoms with van der Waals surface area (Å²) in [5, 5.41) is 20.8. The fourth-order valence-corrected chi connectivity index (χ4v) is 3.73. The average Bonchev–Trinajstić information content (AvgIpc) is 3.09. The van der Waals surface area contributed by atoms with Gasteiger partial charge >= 0.3 is 12.3 Å². The van der Waals surface area contributed by atoms with E-state index in [-0.39, 0.29) is 47.1 Å². The van der Waals surface area contributed by atoms with Crippen molar-refractivity contribution >= 4 is 28.7 Å². The van der Waals surface area contributed by atoms with Gasteiger partial charge in [-0.25, -0.2) is 8.78 Å². The molecule has 0 radical (unpaired) electrons. The van der Waals surface area contributed by atoms with E-state index in [0.717, 1.165) is 34.9 Å². The minimum Gasteiger partial charge on any atom is -0.503 e. The third kappa shape index (κ3) is 5.98. The number of rotatable bonds is 8. The zero-order chi connectivity index (χ0) is 27.7. The van der Waals surface area contributed by atoms with Crippen molar-refractivity contribution in [2.75, 3.05) is 6.54 Å². The highest BCUT2D eigenvalue weighted by Gasteiger charge is 2.31. The van der Waals surface area contributed by atoms with Crippen LogP contribution in [0.5, 0.6) is 11.5 Å². The van der Waals surface area contributed by atoms with Crippen molar-refractivity contribution in [3.05, 3.63) is 58.8 Å². The van der Waals surface area contributed by atoms with Gasteiger partial charge in [-0.05, 0) is 43.2 Å². The van der Waals surface area contributed by atoms with Gasteiger partial charge in [0.05, 0.1) is 11.4 Å². The normalized spacial score (nSPS) is 12.4. The number of hydrogen-bond acceptors (Lipinski definition) is 5. The third-order valence-electron chi connectivity index (χ3n) is 5.66. The fourth-order valence-electron chi connectivity index (χ4n) is 3.73. The molecule has 1 atom stereocenters. The van der Waals surface area contributed by atoms with Crippen LogP contribution < -0.4 is 10.1 Å². The van der Waals surface area contributed by atoms with Crippen LogP contribution in [0, 0.1) is 24.5 Å². The summed E-state index contributed by atoms with van der Waals surface area (Å²) < 4.78 is 71.1. The van der Waals surface area contributed by atoms with Gasteiger partial charge in [0.1, 0.15) is 5.75 Å². The number of alkyl halides is 3. The number of carboxylic acid groups (broad SMARTS) is 1. The number of carbonyl (C=O) groups excluding carboxylic acids is 2. The number of phenols is 1. The Kier molecular flexibility index (Phi) is 7.74. The molecule has 0 aliphatic heterocycles. The monoisotopic (exact) mass is 528 g/mol. The van der Waals surface area contributed by atoms with Crippen LogP contribution in [0.2, 0.25) is 0 Å². The molecule has 0 saturated heterocycles. The van der Waals surface area contributed by atoms with Crippen LogP contribution in [0.15, 0.2) is 30.3 Å². The molecule has 13 heteroatoms. The number of benzene rings is 2. The van der Waals surface area contributed by atoms with E-state index in [4.69, 9.17) is 5.11 Å². The Labute approximate surface area is 206 Å². The molecule has 8 nitrogen and oxygen atoms in total. The van der Waals surface area contributed by atoms with E-state index >= 15 is 0 Å². The maximum Gasteiger partial charge on any atom is 0.573 e. The summed E-state index contributed by atoms with van der Waals surface area (Å²) >= 11 is 0. The van der Waals surface area contributed by atoms with Crippen LogP contribution in [-0.2, 0) is 16.0 Å². The number of aromatic hydroxyl groups is 1. The van der Waals surface area contributed by atoms with Crippen molar-refractivity contribution in [2.24, 2.45) is 5.92 Å². The van der Waals surface area contributed by atoms with Gasteiger partial charge < -0.3 is 20.3 Å². The summed E-state index contributed by atoms with van der Waals surface area (Å²) in [7, 11) is 0. The lowest BCUT2D eigenvalue weighted by molar-refractivity contribution is -0.274. The number of carbonyl (C=O) groups is 3. The highest BCUT2D eigenvalue weighted by molar-refractivity contribution is 6.04. The van der Waals surface area contributed by atoms with Crippen molar-refractivity contribution in [2.45, 2.75) is 33.1 Å². The molecule has 198 valence electrons. The Balaban J connectivity index is 1.98. The number of aryl methyl sites for hydroxylation is 1. The van der Waals surface area contributed by atoms with E-state index in [0.29, 0.717) is 0 Å². The number of hydrogen-bond donors (Lipinski definition) is 3. The summed E-state index contributed by atoms with van der Waals surface area (Å²) in [6, 6.07) is 4.62. The maximum absolute atomic E-state index is 15.0. The van der Waals surface area contributed by atoms with Crippen LogP contribution in [0.3, 0.4) is 0 Å². The first-order chi connectivity index (χ1) is 17.2. The number of nitrogens with zero attached hydrogens (tertiary/aromatic N) is 1. The van der Waals surface area contributed by atoms with Crippen LogP contribution in [0.1, 0.15) is 35.0 Å². The zero-order valence-electron chi connectivity index (χ0n) is 19.4. The molecular weight excluding hydrogens is 507 g/mol. The fraction of sp³-hybridized carbons (Fsp3) is 0.292. The molecule has 1 amide bonds. The van der Waals surface area contributed by atoms with Gasteiger partial charge in [-0.3, -0.25) is 19.0 Å². The molecule has 0 aliphatic rings. The molecule has 37 heavy (non-hydrogen) atoms. The van der Waals surface area contributed by atoms with Crippen LogP contribution in [0.25, 0.3) is 10.9 Å². The standard InChI is InChI=1S/C24H21F5N2O6/c1-11(23(35)36)10-30-18(32)8-7-15-12(2)31(17-9-16(25)21(33)20(26)19(15)17)22(34)13-3-5-14(6-4-13)37-24(27,28)29/h3-6,9,11,33H,7-8,10H2,1-2H3,(H,30,32)(H,35,36)/t11-/m0/s1. The highest BCUT2D eigenvalue weighted by atomic mass is 19.4. The molecule has 2 aromatic carbocycles. The van der Waals surface area contributed by atoms with Gasteiger partial charge in [-0.15, -0.1) is 13.2 Å². The van der Waals surface area contributed by atoms with Crippen LogP contribution in [0.4, 0.5) is 22.0 Å². The third-order valence-corrected chi connectivity index (χ3v) is 5.66. The Morgan fingerprint density at radius 3 is 2.32 bits per heavy atom. The summed E-state index contributed by atoms with van der Waals surface area (Å²) in [5.74, 6) is -7.93. The van der Waals surface area contributed by atoms with Crippen LogP contribution in [-0.4, -0.2) is 45.5 Å². The molecule has 3 N–H and O–H groups in total. The number of aromatic nitrogens is 1. The zero-order valence-corrected chi connectivity index (χ0v) is 19.4. The van der Waals surface area contributed by atoms with E-state index in [1.165, 1.54) is 13.8 Å². The molecule has 1 heterocycles. The number of aliphatic carboxylic acids is 1. The quantitative estimate of drug-likeness (QED) is 0.376. The summed E-state index contributed by atoms with van der Waals surface area (Å²) in [4.78, 5) is 36.4. The molecular formula is C24H21F5N2O6. The second-order valence-electron chi connectivity index (χ2n) is 8.24. The second-order valence-corrected chi connectivity index (χ2v) is 8.24. The largest absolute Gasteiger partial charge is 0.573 e. The van der Waals surface area contributed by atoms with Crippen molar-refractivity contribution in [1.82, 2.24) is 9.88 Å². The van der Waals surface area contributed by atoms with E-state index in [1.807, 2.05) is 0 Å². The molecule has 0 spiro atoms. The van der Waals surface area contributed by atoms with Gasteiger partial charge in [0.15, 0.2) is 17.4 Å². The number of nitrogens with one attached hydrogen (secondary N) is 1. The molecule has 1 aromatic heterocycles. The Hall–Kier alpha value is -4.16. The second kappa shape index (κ2) is 10.4. The molecule has 0 aliphatic carbocycles. The first-order valence-electron chi connectivity index (χ1n) is 10.8. The lowest BCUT2D eigenvalue weighted by Crippen LogP contribution is -2.31. The van der Waals surface area contributed by atoms with Crippen molar-refractivity contribution < 1.29 is 51.3 Å². The number of carboxylic acids is 1. The summed E-state index contributed by atoms with van der Waals surface area (Å²) in [6.07, 6.45) is -5.35. The topological polar surface area (TPSA) is 118 Å². The van der Waals surface area contributed by atoms with E-state index in [9.17, 15) is 41.4 Å². The summed E-state index contributed by atoms with van der Waals surface area (Å²) in [5.41, 5.74) is -0.183. The molecule has 3 rings (SSSR count). The molecule has 0 saturated carbocycles. The van der Waals surface area contributed by atoms with Gasteiger partial charge in [0.25, 0.3) is 5.91 Å². The van der Waals surface area contributed by atoms with Crippen molar-refractivity contribution in [1.29, 1.82) is 0 Å². The predicted octanol–water partition coefficient (Wildman–Crippen LogP) is 4.29. The first-order valence-corrected chi connectivity index (χ1v) is 10.8. The van der Waals surface area contributed by atoms with Crippen LogP contribution >= 0.6 is 0 Å². The minimum absolute atomic E-state index is 0.103. The Bertz CT molecular complexity index is 1370. The van der Waals surface area contributed by atoms with Gasteiger partial charge in [0, 0.05) is 35.7 Å². The van der Waals surface area contributed by atoms with Crippen molar-refractivity contribution in [3.63, 3.8) is 0 Å². The summed E-state index contributed by atoms with van der Waals surface area (Å²) in [6.45, 7) is 2.63. The number of amides is 1. The molecule has 0 unspecified atom stereocenters. The van der Waals surface area contributed by atoms with Gasteiger partial charge in [-0.1, -0.05) is 6.92 Å². The smallest absolute Gasteiger partial charge is 0.503 e. The van der Waals surface area contributed by atoms with E-state index < -0.39 is 53.2 Å². The average molecular weight is 528 g/mol. The number of fused-ring (bicyclic) bond motifs is 1. The SMILES string of the molecule is Cc1c(CCC(=O)NC[C@H](C)C(=O)O)c2c(F)c(O)c(F)cc2n1C(=O)c1ccc(OC(F)(F)F)cc1. The lowest BCUT2D eigenvalue weighted by Gasteiger charge is -2.11. The Morgan fingerprint density at radius 1 is 1.14 bits per heavy atom. The predicted molar refractivity (Wildman–Crippen MR) is 119 cm³/mol. The van der Waals surface area contributed by atoms with Gasteiger partial charge in [-0.2, -0.15) is 0 Å². The number of halogens is 5. The van der Waals surface area contributed by atoms with Gasteiger partial charge in [0.2, 0.25) is 5.91 Å². The molecule has 0 bridgehead atoms. The minimum atomic E-state index is -4.94. The number of ether oxygens (including phenoxy) is 1. The Morgan fingerprint density at radius 2 is 1.76 bits per heavy atom. The highest BCUT2D eigenvalue weighted by Crippen LogP contribution is 2.36. The number of phenolic OH excluding ortho intramolecular Hbond substituents is 1. The van der Waals surface area contributed by atoms with E-state index in [1.54, 1.807) is 0 Å². The van der Waals surface area contributed by atoms with E-state index in [2.05, 4.69) is 10.1 Å². The first kappa shape index (κ1) is 27.4.